The number of carbonyl (C=O) groups excluding carboxylic acids is 1. The molecule has 0 atom stereocenters. The lowest BCUT2D eigenvalue weighted by Gasteiger charge is -2.12. The normalized spacial score (nSPS) is 11.1. The molecule has 4 aromatic carbocycles. The fraction of sp³-hybridized carbons (Fsp3) is 0.103. The number of primary amides is 1. The standard InChI is InChI=1S/C29H26ClN9O2/c1-15-4-8-22(17(3)10-15)38-39-23-9-6-20(14-24(23)34-27(31)41)33-29-36-26(30)35-28(37-29)32-19-5-7-21-18(13-19)11-16(2)12-25(21)40/h4-14,40H,1-3H3,(H3,31,34,41)(H2,32,33,35,36,37)/b39-38+. The molecule has 0 aliphatic rings. The number of nitrogens with one attached hydrogen (secondary N) is 3. The van der Waals surface area contributed by atoms with Crippen molar-refractivity contribution in [3.05, 3.63) is 88.7 Å². The molecule has 206 valence electrons. The SMILES string of the molecule is Cc1ccc(/N=N/c2ccc(Nc3nc(Cl)nc(Nc4ccc5c(O)cc(C)cc5c4)n3)cc2NC(N)=O)c(C)c1. The third kappa shape index (κ3) is 6.65. The van der Waals surface area contributed by atoms with E-state index in [0.717, 1.165) is 27.5 Å². The number of aromatic hydroxyl groups is 1. The van der Waals surface area contributed by atoms with Crippen molar-refractivity contribution >= 4 is 68.7 Å². The number of anilines is 5. The van der Waals surface area contributed by atoms with Gasteiger partial charge in [0.05, 0.1) is 11.4 Å². The summed E-state index contributed by atoms with van der Waals surface area (Å²) in [4.78, 5) is 24.4. The number of phenolic OH excluding ortho intramolecular Hbond substituents is 1. The largest absolute Gasteiger partial charge is 0.507 e. The predicted octanol–water partition coefficient (Wildman–Crippen LogP) is 7.70. The lowest BCUT2D eigenvalue weighted by atomic mass is 10.1. The van der Waals surface area contributed by atoms with Crippen molar-refractivity contribution in [3.8, 4) is 5.75 Å². The number of hydrogen-bond donors (Lipinski definition) is 5. The van der Waals surface area contributed by atoms with Crippen LogP contribution in [0.4, 0.5) is 45.1 Å². The molecule has 0 aliphatic carbocycles. The number of benzene rings is 4. The van der Waals surface area contributed by atoms with Crippen LogP contribution in [0.2, 0.25) is 5.28 Å². The van der Waals surface area contributed by atoms with E-state index in [2.05, 4.69) is 41.1 Å². The fourth-order valence-corrected chi connectivity index (χ4v) is 4.41. The molecule has 5 aromatic rings. The summed E-state index contributed by atoms with van der Waals surface area (Å²) in [6, 6.07) is 19.3. The van der Waals surface area contributed by atoms with Gasteiger partial charge in [-0.1, -0.05) is 23.8 Å². The quantitative estimate of drug-likeness (QED) is 0.126. The summed E-state index contributed by atoms with van der Waals surface area (Å²) in [5.74, 6) is 0.582. The summed E-state index contributed by atoms with van der Waals surface area (Å²) in [7, 11) is 0. The number of aromatic nitrogens is 3. The van der Waals surface area contributed by atoms with Crippen LogP contribution in [0, 0.1) is 20.8 Å². The van der Waals surface area contributed by atoms with Gasteiger partial charge in [-0.3, -0.25) is 0 Å². The average Bonchev–Trinajstić information content (AvgIpc) is 2.88. The van der Waals surface area contributed by atoms with Crippen LogP contribution in [0.15, 0.2) is 77.0 Å². The highest BCUT2D eigenvalue weighted by Crippen LogP contribution is 2.33. The number of amides is 2. The lowest BCUT2D eigenvalue weighted by molar-refractivity contribution is 0.259. The summed E-state index contributed by atoms with van der Waals surface area (Å²) < 4.78 is 0. The number of urea groups is 1. The maximum Gasteiger partial charge on any atom is 0.316 e. The van der Waals surface area contributed by atoms with Gasteiger partial charge in [-0.15, -0.1) is 5.11 Å². The molecule has 1 aromatic heterocycles. The number of rotatable bonds is 7. The Morgan fingerprint density at radius 1 is 0.805 bits per heavy atom. The molecule has 0 radical (unpaired) electrons. The molecule has 0 fully saturated rings. The van der Waals surface area contributed by atoms with Crippen LogP contribution in [0.1, 0.15) is 16.7 Å². The number of phenols is 1. The fourth-order valence-electron chi connectivity index (χ4n) is 4.25. The second-order valence-electron chi connectivity index (χ2n) is 9.43. The van der Waals surface area contributed by atoms with Gasteiger partial charge < -0.3 is 26.8 Å². The number of hydrogen-bond acceptors (Lipinski definition) is 9. The van der Waals surface area contributed by atoms with Gasteiger partial charge in [0.1, 0.15) is 11.4 Å². The molecule has 5 rings (SSSR count). The van der Waals surface area contributed by atoms with E-state index >= 15 is 0 Å². The highest BCUT2D eigenvalue weighted by atomic mass is 35.5. The van der Waals surface area contributed by atoms with Crippen LogP contribution in [0.3, 0.4) is 0 Å². The zero-order valence-corrected chi connectivity index (χ0v) is 23.2. The van der Waals surface area contributed by atoms with E-state index in [1.807, 2.05) is 51.1 Å². The summed E-state index contributed by atoms with van der Waals surface area (Å²) in [5.41, 5.74) is 11.1. The maximum atomic E-state index is 11.7. The van der Waals surface area contributed by atoms with Gasteiger partial charge in [0.25, 0.3) is 0 Å². The monoisotopic (exact) mass is 567 g/mol. The maximum absolute atomic E-state index is 11.7. The number of halogens is 1. The Morgan fingerprint density at radius 2 is 1.46 bits per heavy atom. The van der Waals surface area contributed by atoms with E-state index in [9.17, 15) is 9.90 Å². The summed E-state index contributed by atoms with van der Waals surface area (Å²) in [6.07, 6.45) is 0. The molecule has 0 saturated heterocycles. The van der Waals surface area contributed by atoms with Crippen molar-refractivity contribution in [2.24, 2.45) is 16.0 Å². The minimum absolute atomic E-state index is 0.0337. The van der Waals surface area contributed by atoms with Gasteiger partial charge in [-0.05, 0) is 97.4 Å². The van der Waals surface area contributed by atoms with Crippen molar-refractivity contribution in [2.75, 3.05) is 16.0 Å². The molecule has 11 nitrogen and oxygen atoms in total. The lowest BCUT2D eigenvalue weighted by Crippen LogP contribution is -2.19. The predicted molar refractivity (Wildman–Crippen MR) is 161 cm³/mol. The topological polar surface area (TPSA) is 163 Å². The Bertz CT molecular complexity index is 1820. The molecule has 0 spiro atoms. The van der Waals surface area contributed by atoms with E-state index < -0.39 is 6.03 Å². The Labute approximate surface area is 240 Å². The zero-order chi connectivity index (χ0) is 29.1. The Hall–Kier alpha value is -5.29. The van der Waals surface area contributed by atoms with Crippen LogP contribution in [0.25, 0.3) is 10.8 Å². The van der Waals surface area contributed by atoms with E-state index in [1.54, 1.807) is 36.4 Å². The molecular formula is C29H26ClN9O2. The second-order valence-corrected chi connectivity index (χ2v) is 9.77. The number of fused-ring (bicyclic) bond motifs is 1. The third-order valence-electron chi connectivity index (χ3n) is 6.07. The molecule has 0 aliphatic heterocycles. The van der Waals surface area contributed by atoms with E-state index in [-0.39, 0.29) is 22.9 Å². The van der Waals surface area contributed by atoms with Gasteiger partial charge in [-0.2, -0.15) is 20.1 Å². The summed E-state index contributed by atoms with van der Waals surface area (Å²) in [5, 5.41) is 29.2. The Kier molecular flexibility index (Phi) is 7.61. The van der Waals surface area contributed by atoms with Crippen LogP contribution in [-0.2, 0) is 0 Å². The third-order valence-corrected chi connectivity index (χ3v) is 6.24. The molecular weight excluding hydrogens is 542 g/mol. The second kappa shape index (κ2) is 11.4. The van der Waals surface area contributed by atoms with Crippen molar-refractivity contribution in [3.63, 3.8) is 0 Å². The first-order valence-corrected chi connectivity index (χ1v) is 12.9. The van der Waals surface area contributed by atoms with Crippen LogP contribution in [0.5, 0.6) is 5.75 Å². The minimum Gasteiger partial charge on any atom is -0.507 e. The number of azo groups is 1. The van der Waals surface area contributed by atoms with Crippen molar-refractivity contribution in [1.29, 1.82) is 0 Å². The van der Waals surface area contributed by atoms with E-state index in [4.69, 9.17) is 17.3 Å². The molecule has 2 amide bonds. The average molecular weight is 568 g/mol. The first-order valence-electron chi connectivity index (χ1n) is 12.5. The van der Waals surface area contributed by atoms with Crippen LogP contribution >= 0.6 is 11.6 Å². The summed E-state index contributed by atoms with van der Waals surface area (Å²) >= 11 is 6.19. The zero-order valence-electron chi connectivity index (χ0n) is 22.4. The minimum atomic E-state index is -0.751. The Morgan fingerprint density at radius 3 is 2.17 bits per heavy atom. The van der Waals surface area contributed by atoms with Crippen molar-refractivity contribution in [1.82, 2.24) is 15.0 Å². The highest BCUT2D eigenvalue weighted by Gasteiger charge is 2.11. The van der Waals surface area contributed by atoms with E-state index in [0.29, 0.717) is 28.4 Å². The summed E-state index contributed by atoms with van der Waals surface area (Å²) in [6.45, 7) is 5.86. The van der Waals surface area contributed by atoms with Gasteiger partial charge in [0.2, 0.25) is 17.2 Å². The van der Waals surface area contributed by atoms with Crippen LogP contribution < -0.4 is 21.7 Å². The first kappa shape index (κ1) is 27.3. The highest BCUT2D eigenvalue weighted by molar-refractivity contribution is 6.28. The van der Waals surface area contributed by atoms with Crippen LogP contribution in [-0.4, -0.2) is 26.1 Å². The smallest absolute Gasteiger partial charge is 0.316 e. The van der Waals surface area contributed by atoms with E-state index in [1.165, 1.54) is 0 Å². The molecule has 0 unspecified atom stereocenters. The van der Waals surface area contributed by atoms with Gasteiger partial charge in [0, 0.05) is 16.8 Å². The molecule has 41 heavy (non-hydrogen) atoms. The molecule has 6 N–H and O–H groups in total. The number of aryl methyl sites for hydroxylation is 3. The number of carbonyl (C=O) groups is 1. The first-order chi connectivity index (χ1) is 19.6. The Balaban J connectivity index is 1.39. The van der Waals surface area contributed by atoms with Gasteiger partial charge in [0.15, 0.2) is 0 Å². The molecule has 0 saturated carbocycles. The number of nitrogens with zero attached hydrogens (tertiary/aromatic N) is 5. The van der Waals surface area contributed by atoms with Gasteiger partial charge in [-0.25, -0.2) is 4.79 Å². The van der Waals surface area contributed by atoms with Crippen molar-refractivity contribution in [2.45, 2.75) is 20.8 Å². The van der Waals surface area contributed by atoms with Gasteiger partial charge >= 0.3 is 6.03 Å². The van der Waals surface area contributed by atoms with Crippen molar-refractivity contribution < 1.29 is 9.90 Å². The molecule has 0 bridgehead atoms. The molecule has 12 heteroatoms. The molecule has 1 heterocycles. The number of nitrogens with two attached hydrogens (primary N) is 1.